The van der Waals surface area contributed by atoms with Gasteiger partial charge in [0.2, 0.25) is 0 Å². The number of hydrogen-bond acceptors (Lipinski definition) is 2. The second-order valence-electron chi connectivity index (χ2n) is 4.72. The molecule has 0 spiro atoms. The van der Waals surface area contributed by atoms with Crippen molar-refractivity contribution in [3.63, 3.8) is 0 Å². The Morgan fingerprint density at radius 3 is 2.53 bits per heavy atom. The first kappa shape index (κ1) is 14.3. The van der Waals surface area contributed by atoms with E-state index in [4.69, 9.17) is 17.3 Å². The van der Waals surface area contributed by atoms with Gasteiger partial charge in [0.1, 0.15) is 5.82 Å². The first-order chi connectivity index (χ1) is 7.95. The van der Waals surface area contributed by atoms with E-state index in [0.29, 0.717) is 18.4 Å². The molecule has 0 aliphatic rings. The van der Waals surface area contributed by atoms with Crippen LogP contribution in [-0.2, 0) is 0 Å². The summed E-state index contributed by atoms with van der Waals surface area (Å²) < 4.78 is 13.0. The first-order valence-electron chi connectivity index (χ1n) is 5.82. The molecule has 17 heavy (non-hydrogen) atoms. The largest absolute Gasteiger partial charge is 0.374 e. The van der Waals surface area contributed by atoms with Gasteiger partial charge < -0.3 is 10.6 Å². The zero-order chi connectivity index (χ0) is 13.0. The molecule has 4 heteroatoms. The van der Waals surface area contributed by atoms with E-state index in [1.54, 1.807) is 12.1 Å². The molecule has 1 rings (SSSR count). The van der Waals surface area contributed by atoms with Crippen LogP contribution in [0.4, 0.5) is 10.1 Å². The van der Waals surface area contributed by atoms with Gasteiger partial charge in [0.25, 0.3) is 0 Å². The zero-order valence-corrected chi connectivity index (χ0v) is 11.3. The molecule has 1 aromatic rings. The van der Waals surface area contributed by atoms with E-state index in [2.05, 4.69) is 18.7 Å². The molecule has 0 amide bonds. The number of halogens is 2. The highest BCUT2D eigenvalue weighted by atomic mass is 35.5. The Kier molecular flexibility index (Phi) is 5.22. The van der Waals surface area contributed by atoms with Gasteiger partial charge in [-0.05, 0) is 36.6 Å². The van der Waals surface area contributed by atoms with Crippen LogP contribution in [0.2, 0.25) is 5.02 Å². The lowest BCUT2D eigenvalue weighted by atomic mass is 9.95. The molecule has 96 valence electrons. The molecule has 0 saturated carbocycles. The van der Waals surface area contributed by atoms with Gasteiger partial charge in [-0.25, -0.2) is 4.39 Å². The minimum Gasteiger partial charge on any atom is -0.374 e. The van der Waals surface area contributed by atoms with Gasteiger partial charge in [-0.15, -0.1) is 0 Å². The van der Waals surface area contributed by atoms with Crippen molar-refractivity contribution in [2.24, 2.45) is 17.6 Å². The van der Waals surface area contributed by atoms with Crippen molar-refractivity contribution >= 4 is 17.3 Å². The van der Waals surface area contributed by atoms with Gasteiger partial charge in [-0.3, -0.25) is 0 Å². The molecule has 0 aliphatic heterocycles. The Labute approximate surface area is 108 Å². The summed E-state index contributed by atoms with van der Waals surface area (Å²) in [5.74, 6) is 0.560. The maximum atomic E-state index is 13.0. The fraction of sp³-hybridized carbons (Fsp3) is 0.538. The molecular weight excluding hydrogens is 239 g/mol. The van der Waals surface area contributed by atoms with Gasteiger partial charge in [0, 0.05) is 19.3 Å². The molecule has 0 aromatic heterocycles. The lowest BCUT2D eigenvalue weighted by Gasteiger charge is -2.27. The Morgan fingerprint density at radius 2 is 2.06 bits per heavy atom. The molecular formula is C13H20ClFN2. The third kappa shape index (κ3) is 3.86. The summed E-state index contributed by atoms with van der Waals surface area (Å²) in [6.45, 7) is 5.80. The van der Waals surface area contributed by atoms with Crippen LogP contribution in [-0.4, -0.2) is 20.1 Å². The van der Waals surface area contributed by atoms with Gasteiger partial charge in [0.15, 0.2) is 0 Å². The second kappa shape index (κ2) is 6.22. The quantitative estimate of drug-likeness (QED) is 0.879. The highest BCUT2D eigenvalue weighted by molar-refractivity contribution is 6.31. The number of benzene rings is 1. The molecule has 1 unspecified atom stereocenters. The van der Waals surface area contributed by atoms with Crippen LogP contribution < -0.4 is 10.6 Å². The van der Waals surface area contributed by atoms with Gasteiger partial charge in [-0.1, -0.05) is 25.4 Å². The monoisotopic (exact) mass is 258 g/mol. The minimum absolute atomic E-state index is 0.156. The van der Waals surface area contributed by atoms with Crippen molar-refractivity contribution in [2.45, 2.75) is 13.8 Å². The molecule has 0 aliphatic carbocycles. The van der Waals surface area contributed by atoms with Crippen LogP contribution in [0.3, 0.4) is 0 Å². The van der Waals surface area contributed by atoms with Crippen molar-refractivity contribution in [3.8, 4) is 0 Å². The molecule has 0 heterocycles. The normalized spacial score (nSPS) is 12.9. The number of rotatable bonds is 5. The van der Waals surface area contributed by atoms with E-state index >= 15 is 0 Å². The van der Waals surface area contributed by atoms with Crippen molar-refractivity contribution in [2.75, 3.05) is 25.0 Å². The predicted molar refractivity (Wildman–Crippen MR) is 72.1 cm³/mol. The fourth-order valence-electron chi connectivity index (χ4n) is 1.74. The number of nitrogens with zero attached hydrogens (tertiary/aromatic N) is 1. The van der Waals surface area contributed by atoms with Gasteiger partial charge in [0.05, 0.1) is 5.02 Å². The van der Waals surface area contributed by atoms with Crippen molar-refractivity contribution < 1.29 is 4.39 Å². The Morgan fingerprint density at radius 1 is 1.41 bits per heavy atom. The third-order valence-electron chi connectivity index (χ3n) is 3.10. The fourth-order valence-corrected chi connectivity index (χ4v) is 1.91. The summed E-state index contributed by atoms with van der Waals surface area (Å²) in [4.78, 5) is 2.06. The second-order valence-corrected chi connectivity index (χ2v) is 5.13. The van der Waals surface area contributed by atoms with E-state index in [1.807, 2.05) is 7.05 Å². The molecule has 1 atom stereocenters. The standard InChI is InChI=1S/C13H20ClFN2/c1-9(2)10(7-16)8-17(3)11-4-5-13(15)12(14)6-11/h4-6,9-10H,7-8,16H2,1-3H3. The van der Waals surface area contributed by atoms with Crippen molar-refractivity contribution in [1.82, 2.24) is 0 Å². The van der Waals surface area contributed by atoms with E-state index in [1.165, 1.54) is 6.07 Å². The smallest absolute Gasteiger partial charge is 0.141 e. The molecule has 1 aromatic carbocycles. The molecule has 2 nitrogen and oxygen atoms in total. The van der Waals surface area contributed by atoms with Crippen LogP contribution in [0.25, 0.3) is 0 Å². The lowest BCUT2D eigenvalue weighted by Crippen LogP contribution is -2.33. The summed E-state index contributed by atoms with van der Waals surface area (Å²) in [5.41, 5.74) is 6.65. The summed E-state index contributed by atoms with van der Waals surface area (Å²) in [6.07, 6.45) is 0. The minimum atomic E-state index is -0.386. The van der Waals surface area contributed by atoms with Crippen LogP contribution in [0, 0.1) is 17.7 Å². The summed E-state index contributed by atoms with van der Waals surface area (Å²) >= 11 is 5.76. The summed E-state index contributed by atoms with van der Waals surface area (Å²) in [6, 6.07) is 4.76. The Hall–Kier alpha value is -0.800. The van der Waals surface area contributed by atoms with E-state index in [9.17, 15) is 4.39 Å². The lowest BCUT2D eigenvalue weighted by molar-refractivity contribution is 0.398. The zero-order valence-electron chi connectivity index (χ0n) is 10.6. The van der Waals surface area contributed by atoms with E-state index in [-0.39, 0.29) is 10.8 Å². The van der Waals surface area contributed by atoms with E-state index < -0.39 is 0 Å². The molecule has 0 fully saturated rings. The number of hydrogen-bond donors (Lipinski definition) is 1. The van der Waals surface area contributed by atoms with Crippen LogP contribution in [0.5, 0.6) is 0 Å². The third-order valence-corrected chi connectivity index (χ3v) is 3.39. The average molecular weight is 259 g/mol. The molecule has 2 N–H and O–H groups in total. The van der Waals surface area contributed by atoms with Crippen LogP contribution >= 0.6 is 11.6 Å². The number of nitrogens with two attached hydrogens (primary N) is 1. The van der Waals surface area contributed by atoms with Crippen LogP contribution in [0.15, 0.2) is 18.2 Å². The van der Waals surface area contributed by atoms with Crippen molar-refractivity contribution in [3.05, 3.63) is 29.0 Å². The molecule has 0 radical (unpaired) electrons. The maximum Gasteiger partial charge on any atom is 0.141 e. The number of anilines is 1. The molecule has 0 bridgehead atoms. The van der Waals surface area contributed by atoms with Gasteiger partial charge in [-0.2, -0.15) is 0 Å². The predicted octanol–water partition coefficient (Wildman–Crippen LogP) is 3.15. The van der Waals surface area contributed by atoms with E-state index in [0.717, 1.165) is 12.2 Å². The highest BCUT2D eigenvalue weighted by Crippen LogP contribution is 2.23. The SMILES string of the molecule is CC(C)C(CN)CN(C)c1ccc(F)c(Cl)c1. The van der Waals surface area contributed by atoms with Crippen LogP contribution in [0.1, 0.15) is 13.8 Å². The van der Waals surface area contributed by atoms with Crippen molar-refractivity contribution in [1.29, 1.82) is 0 Å². The average Bonchev–Trinajstić information content (AvgIpc) is 2.28. The highest BCUT2D eigenvalue weighted by Gasteiger charge is 2.15. The first-order valence-corrected chi connectivity index (χ1v) is 6.19. The van der Waals surface area contributed by atoms with Gasteiger partial charge >= 0.3 is 0 Å². The summed E-state index contributed by atoms with van der Waals surface area (Å²) in [7, 11) is 1.97. The Bertz CT molecular complexity index is 368. The summed E-state index contributed by atoms with van der Waals surface area (Å²) in [5, 5.41) is 0.156. The maximum absolute atomic E-state index is 13.0. The molecule has 0 saturated heterocycles. The topological polar surface area (TPSA) is 29.3 Å². The Balaban J connectivity index is 2.75.